The molecule has 0 spiro atoms. The lowest BCUT2D eigenvalue weighted by molar-refractivity contribution is 0.402. The van der Waals surface area contributed by atoms with Crippen LogP contribution in [0.2, 0.25) is 0 Å². The van der Waals surface area contributed by atoms with E-state index in [9.17, 15) is 0 Å². The van der Waals surface area contributed by atoms with Gasteiger partial charge in [0.05, 0.1) is 0 Å². The molecule has 0 atom stereocenters. The first-order chi connectivity index (χ1) is 7.20. The molecule has 0 amide bonds. The molecule has 1 fully saturated rings. The van der Waals surface area contributed by atoms with Gasteiger partial charge in [-0.1, -0.05) is 26.0 Å². The summed E-state index contributed by atoms with van der Waals surface area (Å²) in [4.78, 5) is 0. The SMILES string of the molecule is CC1(C)CCNCCCC2=CCCC=C21. The maximum atomic E-state index is 3.54. The average Bonchev–Trinajstić information content (AvgIpc) is 2.29. The molecule has 15 heavy (non-hydrogen) atoms. The van der Waals surface area contributed by atoms with Gasteiger partial charge in [-0.15, -0.1) is 0 Å². The number of fused-ring (bicyclic) bond motifs is 1. The fourth-order valence-corrected chi connectivity index (χ4v) is 2.74. The highest BCUT2D eigenvalue weighted by molar-refractivity contribution is 5.38. The molecule has 0 saturated carbocycles. The molecule has 0 radical (unpaired) electrons. The predicted molar refractivity (Wildman–Crippen MR) is 65.9 cm³/mol. The third-order valence-electron chi connectivity index (χ3n) is 3.71. The lowest BCUT2D eigenvalue weighted by Crippen LogP contribution is -2.23. The molecule has 0 bridgehead atoms. The quantitative estimate of drug-likeness (QED) is 0.639. The van der Waals surface area contributed by atoms with Crippen molar-refractivity contribution in [1.29, 1.82) is 0 Å². The zero-order chi connectivity index (χ0) is 10.7. The molecule has 84 valence electrons. The van der Waals surface area contributed by atoms with Crippen LogP contribution in [0.5, 0.6) is 0 Å². The summed E-state index contributed by atoms with van der Waals surface area (Å²) in [7, 11) is 0. The zero-order valence-electron chi connectivity index (χ0n) is 10.1. The van der Waals surface area contributed by atoms with E-state index in [2.05, 4.69) is 31.3 Å². The normalized spacial score (nSPS) is 26.5. The van der Waals surface area contributed by atoms with Crippen molar-refractivity contribution in [2.75, 3.05) is 13.1 Å². The highest BCUT2D eigenvalue weighted by Gasteiger charge is 2.26. The lowest BCUT2D eigenvalue weighted by Gasteiger charge is -2.31. The van der Waals surface area contributed by atoms with E-state index in [0.29, 0.717) is 5.41 Å². The molecule has 0 aromatic heterocycles. The van der Waals surface area contributed by atoms with Gasteiger partial charge in [-0.2, -0.15) is 0 Å². The van der Waals surface area contributed by atoms with Crippen LogP contribution in [0.25, 0.3) is 0 Å². The molecular weight excluding hydrogens is 182 g/mol. The second kappa shape index (κ2) is 4.52. The van der Waals surface area contributed by atoms with E-state index >= 15 is 0 Å². The predicted octanol–water partition coefficient (Wildman–Crippen LogP) is 3.43. The third-order valence-corrected chi connectivity index (χ3v) is 3.71. The molecule has 0 unspecified atom stereocenters. The highest BCUT2D eigenvalue weighted by atomic mass is 14.8. The summed E-state index contributed by atoms with van der Waals surface area (Å²) < 4.78 is 0. The summed E-state index contributed by atoms with van der Waals surface area (Å²) in [6.45, 7) is 7.13. The first kappa shape index (κ1) is 10.9. The average molecular weight is 205 g/mol. The summed E-state index contributed by atoms with van der Waals surface area (Å²) in [6.07, 6.45) is 11.3. The number of hydrogen-bond acceptors (Lipinski definition) is 1. The maximum absolute atomic E-state index is 3.54. The molecule has 0 aromatic rings. The van der Waals surface area contributed by atoms with Crippen molar-refractivity contribution in [1.82, 2.24) is 5.32 Å². The molecule has 2 rings (SSSR count). The van der Waals surface area contributed by atoms with Gasteiger partial charge in [0, 0.05) is 0 Å². The maximum Gasteiger partial charge on any atom is -0.00406 e. The van der Waals surface area contributed by atoms with Crippen LogP contribution in [0.4, 0.5) is 0 Å². The number of hydrogen-bond donors (Lipinski definition) is 1. The van der Waals surface area contributed by atoms with Crippen molar-refractivity contribution in [3.63, 3.8) is 0 Å². The van der Waals surface area contributed by atoms with Crippen molar-refractivity contribution < 1.29 is 0 Å². The molecule has 1 aliphatic heterocycles. The van der Waals surface area contributed by atoms with Crippen molar-refractivity contribution >= 4 is 0 Å². The van der Waals surface area contributed by atoms with Gasteiger partial charge in [-0.3, -0.25) is 0 Å². The second-order valence-electron chi connectivity index (χ2n) is 5.41. The molecular formula is C14H23N. The smallest absolute Gasteiger partial charge is 0.00406 e. The van der Waals surface area contributed by atoms with Crippen LogP contribution in [0, 0.1) is 5.41 Å². The van der Waals surface area contributed by atoms with Crippen molar-refractivity contribution in [2.45, 2.75) is 46.0 Å². The van der Waals surface area contributed by atoms with Crippen LogP contribution in [0.1, 0.15) is 46.0 Å². The fourth-order valence-electron chi connectivity index (χ4n) is 2.74. The minimum absolute atomic E-state index is 0.365. The summed E-state index contributed by atoms with van der Waals surface area (Å²) in [5.74, 6) is 0. The minimum Gasteiger partial charge on any atom is -0.317 e. The van der Waals surface area contributed by atoms with Gasteiger partial charge in [0.1, 0.15) is 0 Å². The van der Waals surface area contributed by atoms with Gasteiger partial charge in [0.15, 0.2) is 0 Å². The molecule has 1 N–H and O–H groups in total. The van der Waals surface area contributed by atoms with Gasteiger partial charge in [0.2, 0.25) is 0 Å². The van der Waals surface area contributed by atoms with Crippen LogP contribution < -0.4 is 5.32 Å². The molecule has 1 heteroatoms. The summed E-state index contributed by atoms with van der Waals surface area (Å²) in [6, 6.07) is 0. The molecule has 1 saturated heterocycles. The van der Waals surface area contributed by atoms with Crippen LogP contribution in [-0.4, -0.2) is 13.1 Å². The Balaban J connectivity index is 2.24. The Hall–Kier alpha value is -0.560. The zero-order valence-corrected chi connectivity index (χ0v) is 10.1. The molecule has 0 aromatic carbocycles. The van der Waals surface area contributed by atoms with Crippen molar-refractivity contribution in [2.24, 2.45) is 5.41 Å². The first-order valence-corrected chi connectivity index (χ1v) is 6.31. The van der Waals surface area contributed by atoms with Gasteiger partial charge in [0.25, 0.3) is 0 Å². The van der Waals surface area contributed by atoms with Crippen LogP contribution in [0.15, 0.2) is 23.3 Å². The first-order valence-electron chi connectivity index (χ1n) is 6.31. The molecule has 1 aliphatic carbocycles. The number of rotatable bonds is 0. The standard InChI is InChI=1S/C14H23N/c1-14(2)9-11-15-10-5-7-12-6-3-4-8-13(12)14/h6,8,15H,3-5,7,9-11H2,1-2H3. The summed E-state index contributed by atoms with van der Waals surface area (Å²) in [5.41, 5.74) is 3.64. The Morgan fingerprint density at radius 2 is 1.93 bits per heavy atom. The largest absolute Gasteiger partial charge is 0.317 e. The Bertz CT molecular complexity index is 284. The van der Waals surface area contributed by atoms with Gasteiger partial charge < -0.3 is 5.32 Å². The second-order valence-corrected chi connectivity index (χ2v) is 5.41. The van der Waals surface area contributed by atoms with Crippen LogP contribution in [0.3, 0.4) is 0 Å². The van der Waals surface area contributed by atoms with E-state index in [-0.39, 0.29) is 0 Å². The Morgan fingerprint density at radius 3 is 2.80 bits per heavy atom. The summed E-state index contributed by atoms with van der Waals surface area (Å²) in [5, 5.41) is 3.54. The van der Waals surface area contributed by atoms with E-state index < -0.39 is 0 Å². The lowest BCUT2D eigenvalue weighted by atomic mass is 9.74. The molecule has 1 nitrogen and oxygen atoms in total. The van der Waals surface area contributed by atoms with Crippen LogP contribution in [-0.2, 0) is 0 Å². The Labute approximate surface area is 93.6 Å². The third kappa shape index (κ3) is 2.52. The molecule has 2 aliphatic rings. The van der Waals surface area contributed by atoms with Crippen molar-refractivity contribution in [3.05, 3.63) is 23.3 Å². The van der Waals surface area contributed by atoms with E-state index in [0.717, 1.165) is 6.54 Å². The summed E-state index contributed by atoms with van der Waals surface area (Å²) >= 11 is 0. The topological polar surface area (TPSA) is 12.0 Å². The monoisotopic (exact) mass is 205 g/mol. The van der Waals surface area contributed by atoms with E-state index in [1.165, 1.54) is 38.6 Å². The minimum atomic E-state index is 0.365. The number of nitrogens with one attached hydrogen (secondary N) is 1. The highest BCUT2D eigenvalue weighted by Crippen LogP contribution is 2.39. The van der Waals surface area contributed by atoms with Gasteiger partial charge >= 0.3 is 0 Å². The Morgan fingerprint density at radius 1 is 1.13 bits per heavy atom. The van der Waals surface area contributed by atoms with Gasteiger partial charge in [-0.05, 0) is 61.8 Å². The Kier molecular flexibility index (Phi) is 3.30. The fraction of sp³-hybridized carbons (Fsp3) is 0.714. The van der Waals surface area contributed by atoms with E-state index in [4.69, 9.17) is 0 Å². The van der Waals surface area contributed by atoms with Crippen molar-refractivity contribution in [3.8, 4) is 0 Å². The van der Waals surface area contributed by atoms with E-state index in [1.807, 2.05) is 0 Å². The molecule has 1 heterocycles. The van der Waals surface area contributed by atoms with Gasteiger partial charge in [-0.25, -0.2) is 0 Å². The number of allylic oxidation sites excluding steroid dienone is 4. The van der Waals surface area contributed by atoms with E-state index in [1.54, 1.807) is 11.1 Å². The van der Waals surface area contributed by atoms with Crippen LogP contribution >= 0.6 is 0 Å².